The smallest absolute Gasteiger partial charge is 0.346 e. The number of sulfonamides is 1. The van der Waals surface area contributed by atoms with Crippen molar-refractivity contribution in [2.24, 2.45) is 0 Å². The number of hydrogen-bond acceptors (Lipinski definition) is 4. The molecule has 0 aromatic heterocycles. The largest absolute Gasteiger partial charge is 0.423 e. The van der Waals surface area contributed by atoms with E-state index in [1.807, 2.05) is 13.8 Å². The first-order valence-electron chi connectivity index (χ1n) is 8.29. The van der Waals surface area contributed by atoms with E-state index in [1.54, 1.807) is 32.0 Å². The zero-order valence-corrected chi connectivity index (χ0v) is 16.1. The molecule has 0 fully saturated rings. The minimum Gasteiger partial charge on any atom is -0.423 e. The average molecular weight is 379 g/mol. The van der Waals surface area contributed by atoms with E-state index >= 15 is 0 Å². The van der Waals surface area contributed by atoms with E-state index in [-0.39, 0.29) is 23.7 Å². The quantitative estimate of drug-likeness (QED) is 0.567. The summed E-state index contributed by atoms with van der Waals surface area (Å²) in [5.74, 6) is -1.51. The van der Waals surface area contributed by atoms with Crippen molar-refractivity contribution < 1.29 is 22.3 Å². The van der Waals surface area contributed by atoms with Gasteiger partial charge in [0.15, 0.2) is 0 Å². The standard InChI is InChI=1S/C19H22FNO4S/c1-5-21(6-2)26(23,24)16-9-10-18(20)17(12-16)19(22)25-15-8-7-13(3)14(4)11-15/h7-12H,5-6H2,1-4H3. The average Bonchev–Trinajstić information content (AvgIpc) is 2.59. The SMILES string of the molecule is CCN(CC)S(=O)(=O)c1ccc(F)c(C(=O)Oc2ccc(C)c(C)c2)c1. The minimum atomic E-state index is -3.80. The Bertz CT molecular complexity index is 921. The predicted molar refractivity (Wildman–Crippen MR) is 97.4 cm³/mol. The number of hydrogen-bond donors (Lipinski definition) is 0. The van der Waals surface area contributed by atoms with Crippen molar-refractivity contribution in [1.29, 1.82) is 0 Å². The van der Waals surface area contributed by atoms with Gasteiger partial charge in [0.05, 0.1) is 10.5 Å². The minimum absolute atomic E-state index is 0.144. The number of benzene rings is 2. The van der Waals surface area contributed by atoms with Crippen molar-refractivity contribution in [3.8, 4) is 5.75 Å². The second-order valence-electron chi connectivity index (χ2n) is 5.87. The molecule has 0 aliphatic carbocycles. The molecule has 2 aromatic carbocycles. The van der Waals surface area contributed by atoms with Crippen molar-refractivity contribution in [2.75, 3.05) is 13.1 Å². The Labute approximate surface area is 153 Å². The van der Waals surface area contributed by atoms with Gasteiger partial charge in [-0.1, -0.05) is 19.9 Å². The highest BCUT2D eigenvalue weighted by molar-refractivity contribution is 7.89. The van der Waals surface area contributed by atoms with E-state index in [4.69, 9.17) is 4.74 Å². The van der Waals surface area contributed by atoms with Crippen LogP contribution in [0.25, 0.3) is 0 Å². The molecule has 5 nitrogen and oxygen atoms in total. The van der Waals surface area contributed by atoms with Gasteiger partial charge in [-0.05, 0) is 55.3 Å². The van der Waals surface area contributed by atoms with Crippen LogP contribution < -0.4 is 4.74 Å². The zero-order valence-electron chi connectivity index (χ0n) is 15.2. The van der Waals surface area contributed by atoms with Crippen LogP contribution in [0.3, 0.4) is 0 Å². The van der Waals surface area contributed by atoms with Crippen molar-refractivity contribution in [3.05, 3.63) is 58.9 Å². The molecule has 2 rings (SSSR count). The molecule has 2 aromatic rings. The summed E-state index contributed by atoms with van der Waals surface area (Å²) in [5, 5.41) is 0. The molecule has 0 spiro atoms. The number of carbonyl (C=O) groups excluding carboxylic acids is 1. The van der Waals surface area contributed by atoms with Crippen LogP contribution in [0.4, 0.5) is 4.39 Å². The molecule has 0 unspecified atom stereocenters. The molecule has 0 saturated heterocycles. The van der Waals surface area contributed by atoms with Gasteiger partial charge in [-0.2, -0.15) is 4.31 Å². The summed E-state index contributed by atoms with van der Waals surface area (Å²) in [4.78, 5) is 12.2. The highest BCUT2D eigenvalue weighted by Gasteiger charge is 2.25. The molecular weight excluding hydrogens is 357 g/mol. The predicted octanol–water partition coefficient (Wildman–Crippen LogP) is 3.69. The van der Waals surface area contributed by atoms with Gasteiger partial charge in [0.2, 0.25) is 10.0 Å². The summed E-state index contributed by atoms with van der Waals surface area (Å²) in [6.45, 7) is 7.75. The van der Waals surface area contributed by atoms with Gasteiger partial charge < -0.3 is 4.74 Å². The Kier molecular flexibility index (Phi) is 6.15. The zero-order chi connectivity index (χ0) is 19.5. The van der Waals surface area contributed by atoms with E-state index in [0.717, 1.165) is 29.3 Å². The van der Waals surface area contributed by atoms with E-state index in [9.17, 15) is 17.6 Å². The van der Waals surface area contributed by atoms with Crippen LogP contribution in [0.2, 0.25) is 0 Å². The number of rotatable bonds is 6. The van der Waals surface area contributed by atoms with Crippen LogP contribution in [0, 0.1) is 19.7 Å². The highest BCUT2D eigenvalue weighted by Crippen LogP contribution is 2.22. The lowest BCUT2D eigenvalue weighted by molar-refractivity contribution is 0.0729. The van der Waals surface area contributed by atoms with Crippen molar-refractivity contribution in [3.63, 3.8) is 0 Å². The van der Waals surface area contributed by atoms with Crippen LogP contribution in [0.5, 0.6) is 5.75 Å². The van der Waals surface area contributed by atoms with Gasteiger partial charge in [-0.15, -0.1) is 0 Å². The number of esters is 1. The Balaban J connectivity index is 2.37. The lowest BCUT2D eigenvalue weighted by Gasteiger charge is -2.18. The number of ether oxygens (including phenoxy) is 1. The molecule has 0 aliphatic rings. The van der Waals surface area contributed by atoms with E-state index in [1.165, 1.54) is 4.31 Å². The third-order valence-electron chi connectivity index (χ3n) is 4.19. The Morgan fingerprint density at radius 2 is 1.69 bits per heavy atom. The Hall–Kier alpha value is -2.25. The van der Waals surface area contributed by atoms with E-state index < -0.39 is 27.4 Å². The van der Waals surface area contributed by atoms with Crippen LogP contribution >= 0.6 is 0 Å². The summed E-state index contributed by atoms with van der Waals surface area (Å²) in [5.41, 5.74) is 1.54. The Morgan fingerprint density at radius 3 is 2.27 bits per heavy atom. The van der Waals surface area contributed by atoms with Crippen molar-refractivity contribution in [1.82, 2.24) is 4.31 Å². The molecule has 0 bridgehead atoms. The maximum atomic E-state index is 14.1. The maximum Gasteiger partial charge on any atom is 0.346 e. The summed E-state index contributed by atoms with van der Waals surface area (Å²) < 4.78 is 45.7. The second kappa shape index (κ2) is 7.97. The lowest BCUT2D eigenvalue weighted by atomic mass is 10.1. The molecule has 0 N–H and O–H groups in total. The third kappa shape index (κ3) is 4.11. The molecule has 0 heterocycles. The van der Waals surface area contributed by atoms with Gasteiger partial charge in [0.1, 0.15) is 11.6 Å². The van der Waals surface area contributed by atoms with Crippen LogP contribution in [-0.2, 0) is 10.0 Å². The van der Waals surface area contributed by atoms with E-state index in [0.29, 0.717) is 0 Å². The molecule has 0 radical (unpaired) electrons. The number of aryl methyl sites for hydroxylation is 2. The lowest BCUT2D eigenvalue weighted by Crippen LogP contribution is -2.30. The van der Waals surface area contributed by atoms with Crippen LogP contribution in [-0.4, -0.2) is 31.8 Å². The molecule has 0 saturated carbocycles. The molecule has 0 atom stereocenters. The summed E-state index contributed by atoms with van der Waals surface area (Å²) >= 11 is 0. The van der Waals surface area contributed by atoms with Gasteiger partial charge >= 0.3 is 5.97 Å². The second-order valence-corrected chi connectivity index (χ2v) is 7.80. The number of carbonyl (C=O) groups is 1. The Morgan fingerprint density at radius 1 is 1.04 bits per heavy atom. The fourth-order valence-electron chi connectivity index (χ4n) is 2.47. The fraction of sp³-hybridized carbons (Fsp3) is 0.316. The third-order valence-corrected chi connectivity index (χ3v) is 6.24. The maximum absolute atomic E-state index is 14.1. The van der Waals surface area contributed by atoms with Crippen LogP contribution in [0.15, 0.2) is 41.3 Å². The normalized spacial score (nSPS) is 11.6. The monoisotopic (exact) mass is 379 g/mol. The molecular formula is C19H22FNO4S. The van der Waals surface area contributed by atoms with Crippen molar-refractivity contribution >= 4 is 16.0 Å². The number of halogens is 1. The van der Waals surface area contributed by atoms with Gasteiger partial charge in [-0.3, -0.25) is 0 Å². The van der Waals surface area contributed by atoms with E-state index in [2.05, 4.69) is 0 Å². The molecule has 0 amide bonds. The summed E-state index contributed by atoms with van der Waals surface area (Å²) in [7, 11) is -3.80. The molecule has 140 valence electrons. The molecule has 0 aliphatic heterocycles. The summed E-state index contributed by atoms with van der Waals surface area (Å²) in [6.07, 6.45) is 0. The molecule has 26 heavy (non-hydrogen) atoms. The topological polar surface area (TPSA) is 63.7 Å². The summed E-state index contributed by atoms with van der Waals surface area (Å²) in [6, 6.07) is 8.20. The first-order valence-corrected chi connectivity index (χ1v) is 9.73. The van der Waals surface area contributed by atoms with Crippen LogP contribution in [0.1, 0.15) is 35.3 Å². The van der Waals surface area contributed by atoms with Gasteiger partial charge in [-0.25, -0.2) is 17.6 Å². The fourth-order valence-corrected chi connectivity index (χ4v) is 3.96. The number of nitrogens with zero attached hydrogens (tertiary/aromatic N) is 1. The first-order chi connectivity index (χ1) is 12.2. The van der Waals surface area contributed by atoms with Gasteiger partial charge in [0.25, 0.3) is 0 Å². The molecule has 7 heteroatoms. The first kappa shape index (κ1) is 20.1. The van der Waals surface area contributed by atoms with Gasteiger partial charge in [0, 0.05) is 13.1 Å². The van der Waals surface area contributed by atoms with Crippen molar-refractivity contribution in [2.45, 2.75) is 32.6 Å². The highest BCUT2D eigenvalue weighted by atomic mass is 32.2.